The SMILES string of the molecule is CC(C)(C)OC(=O)N1CC2(CCC(N)CC2)C1.Cl. The number of amides is 1. The molecule has 0 unspecified atom stereocenters. The lowest BCUT2D eigenvalue weighted by molar-refractivity contribution is -0.0502. The first kappa shape index (κ1) is 15.6. The van der Waals surface area contributed by atoms with Crippen molar-refractivity contribution in [3.8, 4) is 0 Å². The molecule has 18 heavy (non-hydrogen) atoms. The van der Waals surface area contributed by atoms with Crippen molar-refractivity contribution in [2.45, 2.75) is 58.1 Å². The number of halogens is 1. The Hall–Kier alpha value is -0.480. The van der Waals surface area contributed by atoms with Crippen molar-refractivity contribution in [1.29, 1.82) is 0 Å². The molecule has 0 aromatic rings. The van der Waals surface area contributed by atoms with Crippen molar-refractivity contribution in [3.05, 3.63) is 0 Å². The van der Waals surface area contributed by atoms with Gasteiger partial charge in [-0.05, 0) is 46.5 Å². The van der Waals surface area contributed by atoms with Gasteiger partial charge in [0.2, 0.25) is 0 Å². The number of hydrogen-bond donors (Lipinski definition) is 1. The molecule has 1 aliphatic carbocycles. The molecule has 1 amide bonds. The van der Waals surface area contributed by atoms with Gasteiger partial charge >= 0.3 is 6.09 Å². The Balaban J connectivity index is 0.00000162. The number of rotatable bonds is 0. The van der Waals surface area contributed by atoms with Crippen molar-refractivity contribution in [1.82, 2.24) is 4.90 Å². The number of carbonyl (C=O) groups is 1. The zero-order chi connectivity index (χ0) is 12.7. The van der Waals surface area contributed by atoms with E-state index in [1.54, 1.807) is 0 Å². The Kier molecular flexibility index (Phi) is 4.55. The van der Waals surface area contributed by atoms with E-state index in [-0.39, 0.29) is 18.5 Å². The van der Waals surface area contributed by atoms with Gasteiger partial charge in [-0.1, -0.05) is 0 Å². The van der Waals surface area contributed by atoms with Crippen LogP contribution in [0.2, 0.25) is 0 Å². The lowest BCUT2D eigenvalue weighted by Crippen LogP contribution is -2.60. The standard InChI is InChI=1S/C13H24N2O2.ClH/c1-12(2,3)17-11(16)15-8-13(9-15)6-4-10(14)5-7-13;/h10H,4-9,14H2,1-3H3;1H. The van der Waals surface area contributed by atoms with Crippen LogP contribution in [0.3, 0.4) is 0 Å². The van der Waals surface area contributed by atoms with Gasteiger partial charge in [0.25, 0.3) is 0 Å². The molecule has 2 fully saturated rings. The van der Waals surface area contributed by atoms with E-state index in [0.29, 0.717) is 11.5 Å². The van der Waals surface area contributed by atoms with E-state index in [4.69, 9.17) is 10.5 Å². The Morgan fingerprint density at radius 2 is 1.78 bits per heavy atom. The van der Waals surface area contributed by atoms with Gasteiger partial charge in [-0.15, -0.1) is 12.4 Å². The molecule has 2 aliphatic rings. The summed E-state index contributed by atoms with van der Waals surface area (Å²) >= 11 is 0. The molecule has 0 atom stereocenters. The van der Waals surface area contributed by atoms with Crippen molar-refractivity contribution >= 4 is 18.5 Å². The Bertz CT molecular complexity index is 299. The monoisotopic (exact) mass is 276 g/mol. The quantitative estimate of drug-likeness (QED) is 0.740. The zero-order valence-corrected chi connectivity index (χ0v) is 12.4. The van der Waals surface area contributed by atoms with Gasteiger partial charge in [0, 0.05) is 24.5 Å². The summed E-state index contributed by atoms with van der Waals surface area (Å²) in [4.78, 5) is 13.6. The van der Waals surface area contributed by atoms with Gasteiger partial charge in [-0.3, -0.25) is 0 Å². The largest absolute Gasteiger partial charge is 0.444 e. The van der Waals surface area contributed by atoms with Crippen molar-refractivity contribution in [3.63, 3.8) is 0 Å². The minimum Gasteiger partial charge on any atom is -0.444 e. The van der Waals surface area contributed by atoms with E-state index < -0.39 is 5.60 Å². The predicted molar refractivity (Wildman–Crippen MR) is 73.9 cm³/mol. The van der Waals surface area contributed by atoms with Crippen LogP contribution < -0.4 is 5.73 Å². The fraction of sp³-hybridized carbons (Fsp3) is 0.923. The smallest absolute Gasteiger partial charge is 0.410 e. The molecule has 2 rings (SSSR count). The van der Waals surface area contributed by atoms with Crippen LogP contribution >= 0.6 is 12.4 Å². The molecule has 1 heterocycles. The molecule has 106 valence electrons. The molecule has 1 saturated carbocycles. The van der Waals surface area contributed by atoms with E-state index in [2.05, 4.69) is 0 Å². The second-order valence-electron chi connectivity index (χ2n) is 6.67. The van der Waals surface area contributed by atoms with Crippen LogP contribution in [-0.4, -0.2) is 35.7 Å². The van der Waals surface area contributed by atoms with Crippen LogP contribution in [-0.2, 0) is 4.74 Å². The molecule has 0 radical (unpaired) electrons. The molecule has 4 nitrogen and oxygen atoms in total. The number of ether oxygens (including phenoxy) is 1. The third-order valence-corrected chi connectivity index (χ3v) is 3.80. The Labute approximate surface area is 116 Å². The topological polar surface area (TPSA) is 55.6 Å². The van der Waals surface area contributed by atoms with Gasteiger partial charge in [0.05, 0.1) is 0 Å². The average molecular weight is 277 g/mol. The maximum absolute atomic E-state index is 11.8. The van der Waals surface area contributed by atoms with E-state index in [0.717, 1.165) is 38.8 Å². The van der Waals surface area contributed by atoms with E-state index in [1.807, 2.05) is 25.7 Å². The lowest BCUT2D eigenvalue weighted by Gasteiger charge is -2.52. The van der Waals surface area contributed by atoms with E-state index in [1.165, 1.54) is 0 Å². The predicted octanol–water partition coefficient (Wildman–Crippen LogP) is 2.55. The number of likely N-dealkylation sites (tertiary alicyclic amines) is 1. The summed E-state index contributed by atoms with van der Waals surface area (Å²) in [5.41, 5.74) is 5.87. The van der Waals surface area contributed by atoms with Crippen LogP contribution in [0.4, 0.5) is 4.79 Å². The Morgan fingerprint density at radius 1 is 1.28 bits per heavy atom. The van der Waals surface area contributed by atoms with Crippen molar-refractivity contribution in [2.24, 2.45) is 11.1 Å². The first-order chi connectivity index (χ1) is 7.80. The minimum absolute atomic E-state index is 0. The van der Waals surface area contributed by atoms with Gasteiger partial charge in [0.15, 0.2) is 0 Å². The first-order valence-corrected chi connectivity index (χ1v) is 6.53. The highest BCUT2D eigenvalue weighted by atomic mass is 35.5. The van der Waals surface area contributed by atoms with E-state index in [9.17, 15) is 4.79 Å². The maximum atomic E-state index is 11.8. The van der Waals surface area contributed by atoms with Gasteiger partial charge in [-0.2, -0.15) is 0 Å². The molecule has 0 aromatic carbocycles. The fourth-order valence-corrected chi connectivity index (χ4v) is 2.79. The molecule has 1 saturated heterocycles. The number of nitrogens with zero attached hydrogens (tertiary/aromatic N) is 1. The highest BCUT2D eigenvalue weighted by molar-refractivity contribution is 5.85. The molecule has 1 spiro atoms. The highest BCUT2D eigenvalue weighted by Gasteiger charge is 2.47. The summed E-state index contributed by atoms with van der Waals surface area (Å²) < 4.78 is 5.36. The molecular weight excluding hydrogens is 252 g/mol. The van der Waals surface area contributed by atoms with Crippen LogP contribution in [0.5, 0.6) is 0 Å². The molecule has 2 N–H and O–H groups in total. The highest BCUT2D eigenvalue weighted by Crippen LogP contribution is 2.43. The fourth-order valence-electron chi connectivity index (χ4n) is 2.79. The number of nitrogens with two attached hydrogens (primary N) is 1. The lowest BCUT2D eigenvalue weighted by atomic mass is 9.68. The second-order valence-corrected chi connectivity index (χ2v) is 6.67. The number of hydrogen-bond acceptors (Lipinski definition) is 3. The van der Waals surface area contributed by atoms with Crippen LogP contribution in [0.25, 0.3) is 0 Å². The van der Waals surface area contributed by atoms with Gasteiger partial charge < -0.3 is 15.4 Å². The molecule has 5 heteroatoms. The molecule has 1 aliphatic heterocycles. The molecule has 0 aromatic heterocycles. The van der Waals surface area contributed by atoms with Crippen LogP contribution in [0.1, 0.15) is 46.5 Å². The summed E-state index contributed by atoms with van der Waals surface area (Å²) in [5.74, 6) is 0. The minimum atomic E-state index is -0.394. The average Bonchev–Trinajstić information content (AvgIpc) is 2.13. The third kappa shape index (κ3) is 3.51. The van der Waals surface area contributed by atoms with Crippen molar-refractivity contribution < 1.29 is 9.53 Å². The van der Waals surface area contributed by atoms with E-state index >= 15 is 0 Å². The summed E-state index contributed by atoms with van der Waals surface area (Å²) in [7, 11) is 0. The summed E-state index contributed by atoms with van der Waals surface area (Å²) in [6.07, 6.45) is 4.35. The number of carbonyl (C=O) groups excluding carboxylic acids is 1. The zero-order valence-electron chi connectivity index (χ0n) is 11.6. The van der Waals surface area contributed by atoms with Gasteiger partial charge in [-0.25, -0.2) is 4.79 Å². The summed E-state index contributed by atoms with van der Waals surface area (Å²) in [6, 6.07) is 0.371. The van der Waals surface area contributed by atoms with Crippen LogP contribution in [0.15, 0.2) is 0 Å². The molecular formula is C13H25ClN2O2. The Morgan fingerprint density at radius 3 is 2.22 bits per heavy atom. The molecule has 0 bridgehead atoms. The van der Waals surface area contributed by atoms with Crippen molar-refractivity contribution in [2.75, 3.05) is 13.1 Å². The third-order valence-electron chi connectivity index (χ3n) is 3.80. The summed E-state index contributed by atoms with van der Waals surface area (Å²) in [5, 5.41) is 0. The first-order valence-electron chi connectivity index (χ1n) is 6.53. The van der Waals surface area contributed by atoms with Gasteiger partial charge in [0.1, 0.15) is 5.60 Å². The maximum Gasteiger partial charge on any atom is 0.410 e. The summed E-state index contributed by atoms with van der Waals surface area (Å²) in [6.45, 7) is 7.42. The van der Waals surface area contributed by atoms with Crippen LogP contribution in [0, 0.1) is 5.41 Å². The normalized spacial score (nSPS) is 23.2. The second kappa shape index (κ2) is 5.25.